The van der Waals surface area contributed by atoms with Crippen molar-refractivity contribution < 1.29 is 0 Å². The first kappa shape index (κ1) is 14.8. The van der Waals surface area contributed by atoms with Gasteiger partial charge in [0.25, 0.3) is 0 Å². The molecule has 2 unspecified atom stereocenters. The highest BCUT2D eigenvalue weighted by molar-refractivity contribution is 6.30. The summed E-state index contributed by atoms with van der Waals surface area (Å²) in [6.45, 7) is 7.93. The van der Waals surface area contributed by atoms with Crippen LogP contribution < -0.4 is 5.73 Å². The Kier molecular flexibility index (Phi) is 5.26. The predicted molar refractivity (Wildman–Crippen MR) is 82.5 cm³/mol. The minimum absolute atomic E-state index is 0.324. The largest absolute Gasteiger partial charge is 0.327 e. The second-order valence-corrected chi connectivity index (χ2v) is 6.74. The SMILES string of the molecule is CC(C)CN1CC(N)CC(Cc2ccc(Cl)cc2)C1. The third-order valence-electron chi connectivity index (χ3n) is 3.71. The zero-order chi connectivity index (χ0) is 13.8. The molecule has 0 saturated carbocycles. The van der Waals surface area contributed by atoms with Crippen LogP contribution in [0, 0.1) is 11.8 Å². The van der Waals surface area contributed by atoms with E-state index in [4.69, 9.17) is 17.3 Å². The number of hydrogen-bond donors (Lipinski definition) is 1. The van der Waals surface area contributed by atoms with Crippen molar-refractivity contribution in [3.05, 3.63) is 34.9 Å². The van der Waals surface area contributed by atoms with Crippen LogP contribution in [0.1, 0.15) is 25.8 Å². The molecule has 0 amide bonds. The van der Waals surface area contributed by atoms with Gasteiger partial charge in [-0.3, -0.25) is 0 Å². The van der Waals surface area contributed by atoms with E-state index in [0.717, 1.165) is 31.0 Å². The average Bonchev–Trinajstić information content (AvgIpc) is 2.30. The molecule has 1 aromatic carbocycles. The lowest BCUT2D eigenvalue weighted by molar-refractivity contribution is 0.142. The molecule has 1 fully saturated rings. The number of likely N-dealkylation sites (tertiary alicyclic amines) is 1. The highest BCUT2D eigenvalue weighted by atomic mass is 35.5. The van der Waals surface area contributed by atoms with E-state index in [0.29, 0.717) is 17.9 Å². The van der Waals surface area contributed by atoms with Gasteiger partial charge in [-0.1, -0.05) is 37.6 Å². The van der Waals surface area contributed by atoms with E-state index in [1.54, 1.807) is 0 Å². The van der Waals surface area contributed by atoms with Gasteiger partial charge in [0.1, 0.15) is 0 Å². The van der Waals surface area contributed by atoms with Crippen molar-refractivity contribution in [1.82, 2.24) is 4.90 Å². The number of benzene rings is 1. The molecule has 2 nitrogen and oxygen atoms in total. The summed E-state index contributed by atoms with van der Waals surface area (Å²) in [7, 11) is 0. The molecule has 19 heavy (non-hydrogen) atoms. The molecule has 106 valence electrons. The van der Waals surface area contributed by atoms with Crippen molar-refractivity contribution in [2.24, 2.45) is 17.6 Å². The minimum Gasteiger partial charge on any atom is -0.327 e. The fraction of sp³-hybridized carbons (Fsp3) is 0.625. The van der Waals surface area contributed by atoms with E-state index < -0.39 is 0 Å². The number of nitrogens with two attached hydrogens (primary N) is 1. The number of nitrogens with zero attached hydrogens (tertiary/aromatic N) is 1. The molecular formula is C16H25ClN2. The van der Waals surface area contributed by atoms with Gasteiger partial charge in [-0.05, 0) is 42.4 Å². The molecule has 0 bridgehead atoms. The van der Waals surface area contributed by atoms with Crippen LogP contribution in [0.25, 0.3) is 0 Å². The van der Waals surface area contributed by atoms with Gasteiger partial charge in [0, 0.05) is 30.7 Å². The lowest BCUT2D eigenvalue weighted by Crippen LogP contribution is -2.48. The van der Waals surface area contributed by atoms with E-state index in [1.165, 1.54) is 12.1 Å². The number of halogens is 1. The van der Waals surface area contributed by atoms with E-state index in [9.17, 15) is 0 Å². The number of piperidine rings is 1. The van der Waals surface area contributed by atoms with Crippen molar-refractivity contribution in [2.45, 2.75) is 32.7 Å². The standard InChI is InChI=1S/C16H25ClN2/c1-12(2)9-19-10-14(8-16(18)11-19)7-13-3-5-15(17)6-4-13/h3-6,12,14,16H,7-11,18H2,1-2H3. The van der Waals surface area contributed by atoms with Crippen LogP contribution in [0.2, 0.25) is 5.02 Å². The Morgan fingerprint density at radius 3 is 2.58 bits per heavy atom. The van der Waals surface area contributed by atoms with E-state index in [2.05, 4.69) is 30.9 Å². The second kappa shape index (κ2) is 6.74. The first-order chi connectivity index (χ1) is 9.02. The van der Waals surface area contributed by atoms with Gasteiger partial charge >= 0.3 is 0 Å². The Bertz CT molecular complexity index is 386. The van der Waals surface area contributed by atoms with Crippen LogP contribution in [0.3, 0.4) is 0 Å². The van der Waals surface area contributed by atoms with Gasteiger partial charge < -0.3 is 10.6 Å². The summed E-state index contributed by atoms with van der Waals surface area (Å²) in [6.07, 6.45) is 2.25. The van der Waals surface area contributed by atoms with E-state index in [-0.39, 0.29) is 0 Å². The molecule has 1 aliphatic rings. The van der Waals surface area contributed by atoms with Crippen LogP contribution in [0.5, 0.6) is 0 Å². The molecule has 2 rings (SSSR count). The van der Waals surface area contributed by atoms with Crippen LogP contribution in [0.15, 0.2) is 24.3 Å². The maximum atomic E-state index is 6.21. The van der Waals surface area contributed by atoms with Crippen LogP contribution in [-0.2, 0) is 6.42 Å². The van der Waals surface area contributed by atoms with Crippen LogP contribution in [0.4, 0.5) is 0 Å². The maximum Gasteiger partial charge on any atom is 0.0406 e. The molecule has 1 heterocycles. The molecule has 1 aliphatic heterocycles. The molecule has 2 atom stereocenters. The minimum atomic E-state index is 0.324. The Labute approximate surface area is 121 Å². The molecule has 3 heteroatoms. The molecule has 2 N–H and O–H groups in total. The summed E-state index contributed by atoms with van der Waals surface area (Å²) in [5, 5.41) is 0.811. The zero-order valence-corrected chi connectivity index (χ0v) is 12.7. The van der Waals surface area contributed by atoms with Crippen molar-refractivity contribution in [3.8, 4) is 0 Å². The van der Waals surface area contributed by atoms with Gasteiger partial charge in [0.2, 0.25) is 0 Å². The lowest BCUT2D eigenvalue weighted by Gasteiger charge is -2.37. The summed E-state index contributed by atoms with van der Waals surface area (Å²) in [6, 6.07) is 8.55. The van der Waals surface area contributed by atoms with Crippen molar-refractivity contribution in [2.75, 3.05) is 19.6 Å². The zero-order valence-electron chi connectivity index (χ0n) is 12.0. The molecule has 1 saturated heterocycles. The molecule has 0 aliphatic carbocycles. The molecular weight excluding hydrogens is 256 g/mol. The first-order valence-corrected chi connectivity index (χ1v) is 7.63. The van der Waals surface area contributed by atoms with E-state index in [1.807, 2.05) is 12.1 Å². The van der Waals surface area contributed by atoms with Gasteiger partial charge in [0.05, 0.1) is 0 Å². The predicted octanol–water partition coefficient (Wildman–Crippen LogP) is 3.19. The van der Waals surface area contributed by atoms with Gasteiger partial charge in [-0.25, -0.2) is 0 Å². The average molecular weight is 281 g/mol. The normalized spacial score (nSPS) is 24.9. The Hall–Kier alpha value is -0.570. The van der Waals surface area contributed by atoms with Crippen molar-refractivity contribution in [3.63, 3.8) is 0 Å². The third kappa shape index (κ3) is 4.79. The molecule has 0 radical (unpaired) electrons. The highest BCUT2D eigenvalue weighted by Gasteiger charge is 2.25. The number of hydrogen-bond acceptors (Lipinski definition) is 2. The smallest absolute Gasteiger partial charge is 0.0406 e. The monoisotopic (exact) mass is 280 g/mol. The Balaban J connectivity index is 1.93. The first-order valence-electron chi connectivity index (χ1n) is 7.25. The van der Waals surface area contributed by atoms with Gasteiger partial charge in [-0.2, -0.15) is 0 Å². The van der Waals surface area contributed by atoms with Gasteiger partial charge in [-0.15, -0.1) is 0 Å². The summed E-state index contributed by atoms with van der Waals surface area (Å²) < 4.78 is 0. The Morgan fingerprint density at radius 1 is 1.26 bits per heavy atom. The lowest BCUT2D eigenvalue weighted by atomic mass is 9.88. The molecule has 1 aromatic rings. The quantitative estimate of drug-likeness (QED) is 0.918. The van der Waals surface area contributed by atoms with Crippen LogP contribution in [-0.4, -0.2) is 30.6 Å². The van der Waals surface area contributed by atoms with Crippen molar-refractivity contribution >= 4 is 11.6 Å². The summed E-state index contributed by atoms with van der Waals surface area (Å²) >= 11 is 5.93. The number of rotatable bonds is 4. The van der Waals surface area contributed by atoms with Crippen LogP contribution >= 0.6 is 11.6 Å². The van der Waals surface area contributed by atoms with Crippen molar-refractivity contribution in [1.29, 1.82) is 0 Å². The topological polar surface area (TPSA) is 29.3 Å². The Morgan fingerprint density at radius 2 is 1.95 bits per heavy atom. The molecule has 0 aromatic heterocycles. The summed E-state index contributed by atoms with van der Waals surface area (Å²) in [4.78, 5) is 2.53. The van der Waals surface area contributed by atoms with Gasteiger partial charge in [0.15, 0.2) is 0 Å². The molecule has 0 spiro atoms. The summed E-state index contributed by atoms with van der Waals surface area (Å²) in [5.74, 6) is 1.38. The summed E-state index contributed by atoms with van der Waals surface area (Å²) in [5.41, 5.74) is 7.57. The fourth-order valence-electron chi connectivity index (χ4n) is 3.12. The third-order valence-corrected chi connectivity index (χ3v) is 3.96. The van der Waals surface area contributed by atoms with E-state index >= 15 is 0 Å². The fourth-order valence-corrected chi connectivity index (χ4v) is 3.24. The maximum absolute atomic E-state index is 6.21. The second-order valence-electron chi connectivity index (χ2n) is 6.30. The highest BCUT2D eigenvalue weighted by Crippen LogP contribution is 2.22.